The van der Waals surface area contributed by atoms with Gasteiger partial charge in [-0.2, -0.15) is 0 Å². The number of aromatic nitrogens is 3. The summed E-state index contributed by atoms with van der Waals surface area (Å²) in [5.74, 6) is 1.89. The van der Waals surface area contributed by atoms with Gasteiger partial charge in [0.1, 0.15) is 11.2 Å². The predicted octanol–water partition coefficient (Wildman–Crippen LogP) is 12.5. The molecule has 0 spiro atoms. The van der Waals surface area contributed by atoms with E-state index in [0.717, 1.165) is 56.2 Å². The summed E-state index contributed by atoms with van der Waals surface area (Å²) < 4.78 is 6.32. The maximum Gasteiger partial charge on any atom is 0.164 e. The van der Waals surface area contributed by atoms with Crippen LogP contribution < -0.4 is 0 Å². The molecule has 0 radical (unpaired) electrons. The van der Waals surface area contributed by atoms with Crippen molar-refractivity contribution in [3.63, 3.8) is 0 Å². The highest BCUT2D eigenvalue weighted by Gasteiger charge is 2.17. The number of fused-ring (bicyclic) bond motifs is 4. The number of benzene rings is 7. The van der Waals surface area contributed by atoms with Gasteiger partial charge in [0.2, 0.25) is 0 Å². The van der Waals surface area contributed by atoms with Gasteiger partial charge in [-0.1, -0.05) is 158 Å². The summed E-state index contributed by atoms with van der Waals surface area (Å²) in [6.07, 6.45) is 5.57. The Labute approximate surface area is 313 Å². The minimum absolute atomic E-state index is 0.618. The molecule has 4 nitrogen and oxygen atoms in total. The molecule has 2 heterocycles. The van der Waals surface area contributed by atoms with Crippen LogP contribution in [0.25, 0.3) is 78.9 Å². The molecule has 0 amide bonds. The fourth-order valence-corrected chi connectivity index (χ4v) is 7.44. The lowest BCUT2D eigenvalue weighted by atomic mass is 9.84. The number of nitrogens with zero attached hydrogens (tertiary/aromatic N) is 3. The topological polar surface area (TPSA) is 51.8 Å². The van der Waals surface area contributed by atoms with Crippen LogP contribution >= 0.6 is 0 Å². The third-order valence-electron chi connectivity index (χ3n) is 10.1. The van der Waals surface area contributed by atoms with Gasteiger partial charge in [-0.05, 0) is 81.3 Å². The third kappa shape index (κ3) is 6.00. The van der Waals surface area contributed by atoms with E-state index in [9.17, 15) is 0 Å². The Kier molecular flexibility index (Phi) is 7.85. The lowest BCUT2D eigenvalue weighted by Gasteiger charge is -2.20. The van der Waals surface area contributed by atoms with E-state index in [1.807, 2.05) is 72.8 Å². The van der Waals surface area contributed by atoms with E-state index in [0.29, 0.717) is 17.5 Å². The van der Waals surface area contributed by atoms with Crippen LogP contribution in [0.3, 0.4) is 0 Å². The molecule has 10 rings (SSSR count). The van der Waals surface area contributed by atoms with Crippen molar-refractivity contribution in [2.75, 3.05) is 0 Å². The van der Waals surface area contributed by atoms with Gasteiger partial charge in [0, 0.05) is 27.5 Å². The fourth-order valence-electron chi connectivity index (χ4n) is 7.44. The Bertz CT molecular complexity index is 2810. The molecule has 0 bridgehead atoms. The largest absolute Gasteiger partial charge is 0.456 e. The first kappa shape index (κ1) is 31.6. The third-order valence-corrected chi connectivity index (χ3v) is 10.1. The van der Waals surface area contributed by atoms with Gasteiger partial charge in [-0.3, -0.25) is 0 Å². The van der Waals surface area contributed by atoms with Crippen molar-refractivity contribution >= 4 is 33.6 Å². The lowest BCUT2D eigenvalue weighted by Crippen LogP contribution is -2.03. The van der Waals surface area contributed by atoms with Crippen molar-refractivity contribution in [2.24, 2.45) is 0 Å². The van der Waals surface area contributed by atoms with Crippen molar-refractivity contribution in [3.05, 3.63) is 210 Å². The predicted molar refractivity (Wildman–Crippen MR) is 220 cm³/mol. The van der Waals surface area contributed by atoms with Crippen LogP contribution in [0.4, 0.5) is 0 Å². The lowest BCUT2D eigenvalue weighted by molar-refractivity contribution is 0.669. The first-order valence-electron chi connectivity index (χ1n) is 18.2. The minimum atomic E-state index is 0.618. The van der Waals surface area contributed by atoms with Crippen molar-refractivity contribution in [2.45, 2.75) is 6.42 Å². The van der Waals surface area contributed by atoms with Crippen LogP contribution in [0.1, 0.15) is 22.3 Å². The molecule has 0 saturated heterocycles. The molecule has 54 heavy (non-hydrogen) atoms. The highest BCUT2D eigenvalue weighted by molar-refractivity contribution is 6.07. The summed E-state index contributed by atoms with van der Waals surface area (Å²) in [7, 11) is 0. The second-order valence-corrected chi connectivity index (χ2v) is 13.7. The van der Waals surface area contributed by atoms with Gasteiger partial charge in [0.25, 0.3) is 0 Å². The fraction of sp³-hybridized carbons (Fsp3) is 0.0200. The Balaban J connectivity index is 0.995. The van der Waals surface area contributed by atoms with Crippen molar-refractivity contribution in [3.8, 4) is 45.3 Å². The molecule has 1 aliphatic carbocycles. The molecule has 2 aromatic heterocycles. The van der Waals surface area contributed by atoms with E-state index in [4.69, 9.17) is 19.4 Å². The number of hydrogen-bond acceptors (Lipinski definition) is 4. The molecule has 0 N–H and O–H groups in total. The molecule has 0 atom stereocenters. The zero-order valence-electron chi connectivity index (χ0n) is 29.4. The van der Waals surface area contributed by atoms with E-state index < -0.39 is 0 Å². The number of allylic oxidation sites excluding steroid dienone is 2. The SMILES string of the molecule is C1=C(c2ccccc2)c2ccccc2C/C1=C/c1ccc(-c2ccc3oc4ccc(-c5nc(-c6ccccc6)nc(-c6ccccc6)n5)cc4c3c2)cc1. The second kappa shape index (κ2) is 13.4. The van der Waals surface area contributed by atoms with Crippen LogP contribution in [-0.2, 0) is 6.42 Å². The highest BCUT2D eigenvalue weighted by atomic mass is 16.3. The highest BCUT2D eigenvalue weighted by Crippen LogP contribution is 2.37. The summed E-state index contributed by atoms with van der Waals surface area (Å²) in [6, 6.07) is 61.0. The standard InChI is InChI=1S/C50H33N3O/c1-4-12-36(13-5-1)43-30-34(29-40-18-10-11-19-42(40)43)28-33-20-22-35(23-21-33)39-24-26-46-44(31-39)45-32-41(25-27-47(45)54-46)50-52-48(37-14-6-2-7-15-37)51-49(53-50)38-16-8-3-9-17-38/h1-28,30-32H,29H2/b34-28-. The van der Waals surface area contributed by atoms with Gasteiger partial charge in [-0.25, -0.2) is 15.0 Å². The van der Waals surface area contributed by atoms with Gasteiger partial charge < -0.3 is 4.42 Å². The summed E-state index contributed by atoms with van der Waals surface area (Å²) in [5, 5.41) is 2.07. The quantitative estimate of drug-likeness (QED) is 0.174. The van der Waals surface area contributed by atoms with Gasteiger partial charge in [0.15, 0.2) is 17.5 Å². The summed E-state index contributed by atoms with van der Waals surface area (Å²) in [6.45, 7) is 0. The number of furan rings is 1. The van der Waals surface area contributed by atoms with Crippen LogP contribution in [-0.4, -0.2) is 15.0 Å². The van der Waals surface area contributed by atoms with Crippen molar-refractivity contribution < 1.29 is 4.42 Å². The van der Waals surface area contributed by atoms with E-state index in [1.165, 1.54) is 33.4 Å². The van der Waals surface area contributed by atoms with E-state index in [2.05, 4.69) is 115 Å². The van der Waals surface area contributed by atoms with E-state index in [-0.39, 0.29) is 0 Å². The molecule has 4 heteroatoms. The summed E-state index contributed by atoms with van der Waals surface area (Å²) >= 11 is 0. The molecule has 0 aliphatic heterocycles. The van der Waals surface area contributed by atoms with E-state index in [1.54, 1.807) is 0 Å². The molecule has 254 valence electrons. The van der Waals surface area contributed by atoms with E-state index >= 15 is 0 Å². The normalized spacial score (nSPS) is 13.3. The maximum absolute atomic E-state index is 6.32. The smallest absolute Gasteiger partial charge is 0.164 e. The first-order valence-corrected chi connectivity index (χ1v) is 18.2. The molecule has 7 aromatic carbocycles. The van der Waals surface area contributed by atoms with Crippen LogP contribution in [0.15, 0.2) is 192 Å². The average Bonchev–Trinajstić information content (AvgIpc) is 3.62. The van der Waals surface area contributed by atoms with Gasteiger partial charge in [-0.15, -0.1) is 0 Å². The Hall–Kier alpha value is -7.17. The monoisotopic (exact) mass is 691 g/mol. The molecule has 0 unspecified atom stereocenters. The van der Waals surface area contributed by atoms with Gasteiger partial charge >= 0.3 is 0 Å². The minimum Gasteiger partial charge on any atom is -0.456 e. The summed E-state index contributed by atoms with van der Waals surface area (Å²) in [5.41, 5.74) is 14.4. The molecule has 1 aliphatic rings. The summed E-state index contributed by atoms with van der Waals surface area (Å²) in [4.78, 5) is 14.8. The number of hydrogen-bond donors (Lipinski definition) is 0. The molecular weight excluding hydrogens is 659 g/mol. The van der Waals surface area contributed by atoms with Crippen LogP contribution in [0, 0.1) is 0 Å². The Morgan fingerprint density at radius 3 is 1.56 bits per heavy atom. The van der Waals surface area contributed by atoms with Crippen LogP contribution in [0.5, 0.6) is 0 Å². The molecule has 9 aromatic rings. The van der Waals surface area contributed by atoms with Crippen molar-refractivity contribution in [1.82, 2.24) is 15.0 Å². The zero-order valence-corrected chi connectivity index (χ0v) is 29.4. The number of rotatable bonds is 6. The Morgan fingerprint density at radius 2 is 0.926 bits per heavy atom. The zero-order chi connectivity index (χ0) is 35.8. The Morgan fingerprint density at radius 1 is 0.426 bits per heavy atom. The molecule has 0 saturated carbocycles. The molecule has 0 fully saturated rings. The van der Waals surface area contributed by atoms with Crippen molar-refractivity contribution in [1.29, 1.82) is 0 Å². The first-order chi connectivity index (χ1) is 26.7. The average molecular weight is 692 g/mol. The molecular formula is C50H33N3O. The van der Waals surface area contributed by atoms with Gasteiger partial charge in [0.05, 0.1) is 0 Å². The maximum atomic E-state index is 6.32. The van der Waals surface area contributed by atoms with Crippen LogP contribution in [0.2, 0.25) is 0 Å². The second-order valence-electron chi connectivity index (χ2n) is 13.7.